The minimum Gasteiger partial charge on any atom is -0.494 e. The number of carbonyl (C=O) groups is 1. The van der Waals surface area contributed by atoms with Gasteiger partial charge < -0.3 is 9.47 Å². The zero-order valence-electron chi connectivity index (χ0n) is 22.8. The van der Waals surface area contributed by atoms with Gasteiger partial charge in [-0.05, 0) is 86.8 Å². The van der Waals surface area contributed by atoms with Crippen molar-refractivity contribution in [1.82, 2.24) is 0 Å². The van der Waals surface area contributed by atoms with Gasteiger partial charge in [0.05, 0.1) is 23.5 Å². The highest BCUT2D eigenvalue weighted by atomic mass is 16.5. The van der Waals surface area contributed by atoms with E-state index in [9.17, 15) is 4.79 Å². The van der Waals surface area contributed by atoms with Gasteiger partial charge in [-0.2, -0.15) is 10.2 Å². The highest BCUT2D eigenvalue weighted by Crippen LogP contribution is 2.27. The number of unbranched alkanes of at least 4 members (excludes halogenated alkanes) is 7. The second-order valence-electron chi connectivity index (χ2n) is 9.68. The number of esters is 1. The van der Waals surface area contributed by atoms with E-state index in [1.165, 1.54) is 50.5 Å². The van der Waals surface area contributed by atoms with Crippen LogP contribution < -0.4 is 9.47 Å². The van der Waals surface area contributed by atoms with Crippen molar-refractivity contribution in [3.8, 4) is 11.5 Å². The van der Waals surface area contributed by atoms with Gasteiger partial charge in [-0.25, -0.2) is 4.79 Å². The molecule has 0 saturated heterocycles. The number of rotatable bonds is 14. The third kappa shape index (κ3) is 9.49. The van der Waals surface area contributed by atoms with Crippen molar-refractivity contribution in [1.29, 1.82) is 0 Å². The maximum Gasteiger partial charge on any atom is 0.343 e. The lowest BCUT2D eigenvalue weighted by molar-refractivity contribution is 0.0733. The molecule has 0 amide bonds. The molecule has 0 spiro atoms. The van der Waals surface area contributed by atoms with E-state index in [1.54, 1.807) is 24.3 Å². The Labute approximate surface area is 221 Å². The summed E-state index contributed by atoms with van der Waals surface area (Å²) in [6.07, 6.45) is 10.2. The average molecular weight is 501 g/mol. The maximum atomic E-state index is 12.7. The predicted octanol–water partition coefficient (Wildman–Crippen LogP) is 9.77. The van der Waals surface area contributed by atoms with Crippen molar-refractivity contribution in [3.63, 3.8) is 0 Å². The lowest BCUT2D eigenvalue weighted by Gasteiger charge is -2.09. The quantitative estimate of drug-likeness (QED) is 0.0957. The van der Waals surface area contributed by atoms with E-state index < -0.39 is 5.97 Å². The Balaban J connectivity index is 1.45. The summed E-state index contributed by atoms with van der Waals surface area (Å²) in [5.74, 6) is 0.877. The second kappa shape index (κ2) is 14.9. The monoisotopic (exact) mass is 500 g/mol. The van der Waals surface area contributed by atoms with E-state index in [0.717, 1.165) is 29.0 Å². The molecule has 0 heterocycles. The van der Waals surface area contributed by atoms with Crippen molar-refractivity contribution in [2.75, 3.05) is 6.61 Å². The smallest absolute Gasteiger partial charge is 0.343 e. The second-order valence-corrected chi connectivity index (χ2v) is 9.68. The normalized spacial score (nSPS) is 11.1. The number of carbonyl (C=O) groups excluding carboxylic acids is 1. The standard InChI is InChI=1S/C32H40N2O3/c1-5-6-7-8-9-10-11-12-21-36-29-17-14-27(15-18-29)32(35)37-31-20-16-28(23-26(31)4)33-34-30-19-13-24(2)22-25(30)3/h13-20,22-23H,5-12,21H2,1-4H3. The summed E-state index contributed by atoms with van der Waals surface area (Å²) < 4.78 is 11.5. The van der Waals surface area contributed by atoms with Crippen LogP contribution in [0.2, 0.25) is 0 Å². The molecule has 5 heteroatoms. The van der Waals surface area contributed by atoms with Crippen LogP contribution in [0.25, 0.3) is 0 Å². The van der Waals surface area contributed by atoms with Gasteiger partial charge >= 0.3 is 5.97 Å². The predicted molar refractivity (Wildman–Crippen MR) is 151 cm³/mol. The van der Waals surface area contributed by atoms with E-state index >= 15 is 0 Å². The topological polar surface area (TPSA) is 60.2 Å². The Morgan fingerprint density at radius 1 is 0.730 bits per heavy atom. The van der Waals surface area contributed by atoms with Crippen LogP contribution in [-0.4, -0.2) is 12.6 Å². The molecule has 0 aromatic heterocycles. The number of nitrogens with zero attached hydrogens (tertiary/aromatic N) is 2. The van der Waals surface area contributed by atoms with Crippen molar-refractivity contribution >= 4 is 17.3 Å². The highest BCUT2D eigenvalue weighted by molar-refractivity contribution is 5.91. The van der Waals surface area contributed by atoms with Gasteiger partial charge in [0.2, 0.25) is 0 Å². The van der Waals surface area contributed by atoms with Crippen LogP contribution in [-0.2, 0) is 0 Å². The molecule has 0 fully saturated rings. The van der Waals surface area contributed by atoms with Crippen LogP contribution in [0.3, 0.4) is 0 Å². The van der Waals surface area contributed by atoms with Crippen LogP contribution in [0.15, 0.2) is 70.9 Å². The molecule has 0 aliphatic rings. The molecule has 0 aliphatic carbocycles. The molecule has 37 heavy (non-hydrogen) atoms. The fourth-order valence-electron chi connectivity index (χ4n) is 4.11. The Kier molecular flexibility index (Phi) is 11.3. The van der Waals surface area contributed by atoms with Gasteiger partial charge in [0, 0.05) is 0 Å². The van der Waals surface area contributed by atoms with Crippen LogP contribution in [0, 0.1) is 20.8 Å². The van der Waals surface area contributed by atoms with Crippen LogP contribution in [0.1, 0.15) is 85.3 Å². The maximum absolute atomic E-state index is 12.7. The Morgan fingerprint density at radius 3 is 2.11 bits per heavy atom. The van der Waals surface area contributed by atoms with E-state index in [2.05, 4.69) is 30.1 Å². The summed E-state index contributed by atoms with van der Waals surface area (Å²) in [5, 5.41) is 8.70. The first-order valence-corrected chi connectivity index (χ1v) is 13.5. The number of aryl methyl sites for hydroxylation is 3. The third-order valence-electron chi connectivity index (χ3n) is 6.34. The largest absolute Gasteiger partial charge is 0.494 e. The average Bonchev–Trinajstić information content (AvgIpc) is 2.89. The van der Waals surface area contributed by atoms with Gasteiger partial charge in [0.1, 0.15) is 11.5 Å². The molecule has 0 saturated carbocycles. The lowest BCUT2D eigenvalue weighted by atomic mass is 10.1. The number of hydrogen-bond acceptors (Lipinski definition) is 5. The van der Waals surface area contributed by atoms with Crippen molar-refractivity contribution < 1.29 is 14.3 Å². The molecular formula is C32H40N2O3. The van der Waals surface area contributed by atoms with Gasteiger partial charge in [-0.1, -0.05) is 69.6 Å². The number of ether oxygens (including phenoxy) is 2. The molecule has 5 nitrogen and oxygen atoms in total. The van der Waals surface area contributed by atoms with Crippen LogP contribution >= 0.6 is 0 Å². The Bertz CT molecular complexity index is 1170. The molecule has 196 valence electrons. The number of hydrogen-bond donors (Lipinski definition) is 0. The number of benzene rings is 3. The minimum atomic E-state index is -0.401. The molecule has 0 bridgehead atoms. The molecular weight excluding hydrogens is 460 g/mol. The van der Waals surface area contributed by atoms with Crippen LogP contribution in [0.4, 0.5) is 11.4 Å². The molecule has 3 aromatic carbocycles. The fourth-order valence-corrected chi connectivity index (χ4v) is 4.11. The first-order valence-electron chi connectivity index (χ1n) is 13.5. The third-order valence-corrected chi connectivity index (χ3v) is 6.34. The molecule has 0 N–H and O–H groups in total. The van der Waals surface area contributed by atoms with Gasteiger partial charge in [-0.15, -0.1) is 0 Å². The summed E-state index contributed by atoms with van der Waals surface area (Å²) in [6, 6.07) is 18.6. The van der Waals surface area contributed by atoms with Gasteiger partial charge in [0.15, 0.2) is 0 Å². The Hall–Kier alpha value is -3.47. The van der Waals surface area contributed by atoms with E-state index in [0.29, 0.717) is 23.6 Å². The summed E-state index contributed by atoms with van der Waals surface area (Å²) in [4.78, 5) is 12.7. The SMILES string of the molecule is CCCCCCCCCCOc1ccc(C(=O)Oc2ccc(N=Nc3ccc(C)cc3C)cc2C)cc1. The summed E-state index contributed by atoms with van der Waals surface area (Å²) in [5.41, 5.74) is 5.11. The minimum absolute atomic E-state index is 0.401. The summed E-state index contributed by atoms with van der Waals surface area (Å²) in [6.45, 7) is 8.91. The zero-order chi connectivity index (χ0) is 26.5. The fraction of sp³-hybridized carbons (Fsp3) is 0.406. The van der Waals surface area contributed by atoms with Crippen LogP contribution in [0.5, 0.6) is 11.5 Å². The molecule has 0 atom stereocenters. The summed E-state index contributed by atoms with van der Waals surface area (Å²) >= 11 is 0. The first-order chi connectivity index (χ1) is 18.0. The lowest BCUT2D eigenvalue weighted by Crippen LogP contribution is -2.09. The van der Waals surface area contributed by atoms with Crippen molar-refractivity contribution in [3.05, 3.63) is 82.9 Å². The molecule has 3 rings (SSSR count). The Morgan fingerprint density at radius 2 is 1.43 bits per heavy atom. The van der Waals surface area contributed by atoms with Crippen molar-refractivity contribution in [2.45, 2.75) is 79.1 Å². The molecule has 0 radical (unpaired) electrons. The van der Waals surface area contributed by atoms with Crippen molar-refractivity contribution in [2.24, 2.45) is 10.2 Å². The van der Waals surface area contributed by atoms with E-state index in [4.69, 9.17) is 9.47 Å². The van der Waals surface area contributed by atoms with E-state index in [1.807, 2.05) is 44.2 Å². The highest BCUT2D eigenvalue weighted by Gasteiger charge is 2.11. The van der Waals surface area contributed by atoms with Gasteiger partial charge in [-0.3, -0.25) is 0 Å². The van der Waals surface area contributed by atoms with E-state index in [-0.39, 0.29) is 0 Å². The zero-order valence-corrected chi connectivity index (χ0v) is 22.8. The molecule has 3 aromatic rings. The summed E-state index contributed by atoms with van der Waals surface area (Å²) in [7, 11) is 0. The van der Waals surface area contributed by atoms with Gasteiger partial charge in [0.25, 0.3) is 0 Å². The molecule has 0 aliphatic heterocycles. The first kappa shape index (κ1) is 28.1. The molecule has 0 unspecified atom stereocenters. The number of azo groups is 1.